The second-order valence-electron chi connectivity index (χ2n) is 15.8. The Balaban J connectivity index is 1.36. The van der Waals surface area contributed by atoms with Crippen molar-refractivity contribution < 1.29 is 48.7 Å². The van der Waals surface area contributed by atoms with Gasteiger partial charge in [0.15, 0.2) is 5.78 Å². The van der Waals surface area contributed by atoms with Gasteiger partial charge in [-0.25, -0.2) is 14.4 Å². The highest BCUT2D eigenvalue weighted by molar-refractivity contribution is 6.09. The topological polar surface area (TPSA) is 157 Å². The van der Waals surface area contributed by atoms with Crippen LogP contribution in [0.25, 0.3) is 0 Å². The molecule has 0 radical (unpaired) electrons. The molecule has 7 aliphatic carbocycles. The van der Waals surface area contributed by atoms with Crippen LogP contribution >= 0.6 is 0 Å². The molecule has 0 bridgehead atoms. The van der Waals surface area contributed by atoms with Crippen LogP contribution in [0, 0.1) is 52.3 Å². The molecule has 1 aliphatic heterocycles. The molecular formula is C36H42O10. The summed E-state index contributed by atoms with van der Waals surface area (Å²) >= 11 is 0. The van der Waals surface area contributed by atoms with E-state index in [-0.39, 0.29) is 53.4 Å². The molecule has 0 amide bonds. The van der Waals surface area contributed by atoms with Crippen molar-refractivity contribution in [3.05, 3.63) is 45.1 Å². The molecule has 12 atom stereocenters. The van der Waals surface area contributed by atoms with Gasteiger partial charge in [-0.1, -0.05) is 25.0 Å². The Kier molecular flexibility index (Phi) is 5.97. The van der Waals surface area contributed by atoms with E-state index >= 15 is 0 Å². The lowest BCUT2D eigenvalue weighted by Crippen LogP contribution is -2.67. The second kappa shape index (κ2) is 9.08. The number of esters is 3. The average Bonchev–Trinajstić information content (AvgIpc) is 3.92. The van der Waals surface area contributed by atoms with Crippen molar-refractivity contribution in [1.82, 2.24) is 0 Å². The number of hydrogen-bond acceptors (Lipinski definition) is 10. The third-order valence-electron chi connectivity index (χ3n) is 14.0. The summed E-state index contributed by atoms with van der Waals surface area (Å²) in [6.07, 6.45) is 2.35. The number of aliphatic hydroxyl groups excluding tert-OH is 2. The molecule has 8 rings (SSSR count). The molecule has 10 nitrogen and oxygen atoms in total. The number of rotatable bonds is 5. The van der Waals surface area contributed by atoms with E-state index in [0.717, 1.165) is 29.6 Å². The van der Waals surface area contributed by atoms with Gasteiger partial charge >= 0.3 is 17.9 Å². The van der Waals surface area contributed by atoms with E-state index in [1.165, 1.54) is 20.1 Å². The number of carbonyl (C=O) groups excluding carboxylic acids is 4. The maximum atomic E-state index is 14.4. The molecule has 1 spiro atoms. The van der Waals surface area contributed by atoms with Gasteiger partial charge in [0.1, 0.15) is 23.9 Å². The lowest BCUT2D eigenvalue weighted by Gasteiger charge is -2.63. The van der Waals surface area contributed by atoms with E-state index in [9.17, 15) is 34.5 Å². The minimum Gasteiger partial charge on any atom is -0.466 e. The average molecular weight is 635 g/mol. The smallest absolute Gasteiger partial charge is 0.337 e. The Morgan fingerprint density at radius 1 is 1.04 bits per heavy atom. The number of methoxy groups -OCH3 is 1. The molecule has 0 aromatic rings. The van der Waals surface area contributed by atoms with Gasteiger partial charge in [0.25, 0.3) is 0 Å². The first-order chi connectivity index (χ1) is 21.6. The highest BCUT2D eigenvalue weighted by Crippen LogP contribution is 2.83. The van der Waals surface area contributed by atoms with Gasteiger partial charge in [-0.05, 0) is 86.7 Å². The van der Waals surface area contributed by atoms with Gasteiger partial charge in [0, 0.05) is 34.5 Å². The largest absolute Gasteiger partial charge is 0.466 e. The normalized spacial score (nSPS) is 47.9. The number of carbonyl (C=O) groups is 4. The van der Waals surface area contributed by atoms with E-state index in [1.807, 2.05) is 6.92 Å². The second-order valence-corrected chi connectivity index (χ2v) is 15.8. The summed E-state index contributed by atoms with van der Waals surface area (Å²) in [5, 5.41) is 34.8. The highest BCUT2D eigenvalue weighted by atomic mass is 16.6. The lowest BCUT2D eigenvalue weighted by molar-refractivity contribution is -0.191. The first-order valence-corrected chi connectivity index (χ1v) is 16.5. The van der Waals surface area contributed by atoms with E-state index in [4.69, 9.17) is 14.2 Å². The highest BCUT2D eigenvalue weighted by Gasteiger charge is 2.84. The molecule has 1 heterocycles. The zero-order valence-corrected chi connectivity index (χ0v) is 27.1. The number of Topliss-reactive ketones (excluding diaryl/α,β-unsaturated/α-hetero) is 1. The molecule has 10 heteroatoms. The Morgan fingerprint density at radius 3 is 2.41 bits per heavy atom. The van der Waals surface area contributed by atoms with Crippen LogP contribution in [0.2, 0.25) is 0 Å². The Morgan fingerprint density at radius 2 is 1.76 bits per heavy atom. The predicted molar refractivity (Wildman–Crippen MR) is 160 cm³/mol. The summed E-state index contributed by atoms with van der Waals surface area (Å²) in [5.41, 5.74) is -0.571. The lowest BCUT2D eigenvalue weighted by atomic mass is 9.42. The van der Waals surface area contributed by atoms with Crippen LogP contribution in [0.15, 0.2) is 45.1 Å². The third kappa shape index (κ3) is 3.24. The predicted octanol–water partition coefficient (Wildman–Crippen LogP) is 2.51. The fourth-order valence-corrected chi connectivity index (χ4v) is 12.0. The van der Waals surface area contributed by atoms with Crippen molar-refractivity contribution in [2.45, 2.75) is 77.6 Å². The minimum atomic E-state index is -1.39. The molecule has 0 aromatic carbocycles. The van der Waals surface area contributed by atoms with Gasteiger partial charge in [-0.15, -0.1) is 0 Å². The molecule has 246 valence electrons. The molecule has 5 fully saturated rings. The van der Waals surface area contributed by atoms with Crippen molar-refractivity contribution in [2.75, 3.05) is 20.3 Å². The Hall–Kier alpha value is -3.08. The van der Waals surface area contributed by atoms with Crippen LogP contribution in [0.4, 0.5) is 0 Å². The van der Waals surface area contributed by atoms with Crippen molar-refractivity contribution in [3.63, 3.8) is 0 Å². The van der Waals surface area contributed by atoms with Gasteiger partial charge in [0.05, 0.1) is 25.2 Å². The zero-order valence-electron chi connectivity index (χ0n) is 27.1. The number of fused-ring (bicyclic) bond motifs is 7. The van der Waals surface area contributed by atoms with Crippen molar-refractivity contribution in [3.8, 4) is 0 Å². The Labute approximate surface area is 267 Å². The van der Waals surface area contributed by atoms with Crippen LogP contribution in [0.5, 0.6) is 0 Å². The summed E-state index contributed by atoms with van der Waals surface area (Å²) < 4.78 is 17.3. The van der Waals surface area contributed by atoms with Crippen molar-refractivity contribution >= 4 is 23.7 Å². The number of ketones is 1. The number of ether oxygens (including phenoxy) is 3. The molecule has 0 saturated heterocycles. The monoisotopic (exact) mass is 634 g/mol. The van der Waals surface area contributed by atoms with Crippen LogP contribution < -0.4 is 0 Å². The van der Waals surface area contributed by atoms with E-state index in [1.54, 1.807) is 13.8 Å². The third-order valence-corrected chi connectivity index (χ3v) is 14.0. The van der Waals surface area contributed by atoms with E-state index < -0.39 is 76.2 Å². The van der Waals surface area contributed by atoms with Gasteiger partial charge in [-0.3, -0.25) is 4.79 Å². The fourth-order valence-electron chi connectivity index (χ4n) is 12.0. The molecule has 0 unspecified atom stereocenters. The zero-order chi connectivity index (χ0) is 33.0. The van der Waals surface area contributed by atoms with Crippen LogP contribution in [-0.4, -0.2) is 76.6 Å². The summed E-state index contributed by atoms with van der Waals surface area (Å²) in [7, 11) is 1.24. The molecule has 5 saturated carbocycles. The van der Waals surface area contributed by atoms with Crippen LogP contribution in [0.1, 0.15) is 60.3 Å². The SMILES string of the molecule is COC(=O)/C(C)=C1\C(=O)[C@H](O)[C@]2(C)C3=C(C[C@@H]4[C@]5(OC(=O)C(CO)=C5C[C@H]5[C@](O)(COC(=O)C=C(C)C)[C@H]6C[C@H]6[C@]45C)[C@H]31)[C@H]1C[C@H]12. The first kappa shape index (κ1) is 30.3. The van der Waals surface area contributed by atoms with E-state index in [2.05, 4.69) is 6.92 Å². The summed E-state index contributed by atoms with van der Waals surface area (Å²) in [4.78, 5) is 53.9. The maximum Gasteiger partial charge on any atom is 0.337 e. The van der Waals surface area contributed by atoms with Gasteiger partial charge in [0.2, 0.25) is 0 Å². The fraction of sp³-hybridized carbons (Fsp3) is 0.667. The molecule has 3 N–H and O–H groups in total. The first-order valence-electron chi connectivity index (χ1n) is 16.5. The molecular weight excluding hydrogens is 592 g/mol. The summed E-state index contributed by atoms with van der Waals surface area (Å²) in [5.74, 6) is -3.95. The van der Waals surface area contributed by atoms with Crippen LogP contribution in [-0.2, 0) is 33.4 Å². The van der Waals surface area contributed by atoms with Crippen molar-refractivity contribution in [2.24, 2.45) is 52.3 Å². The standard InChI is InChI=1S/C36H42O10/c1-14(2)7-25(38)45-13-35(43)22-10-21(22)33(4)23(35)11-20-18(12-37)32(42)46-36(20)24(33)9-17-16-8-19(16)34(5)27(17)28(36)26(29(39)30(34)40)15(3)31(41)44-6/h7,16,19,21-24,28,30,37,40,43H,8-13H2,1-6H3/b26-15-/t16-,19-,21-,22+,23-,24+,28+,30+,33+,34+,35+,36+/m1/s1. The van der Waals surface area contributed by atoms with Crippen molar-refractivity contribution in [1.29, 1.82) is 0 Å². The quantitative estimate of drug-likeness (QED) is 0.178. The maximum absolute atomic E-state index is 14.4. The van der Waals surface area contributed by atoms with Gasteiger partial charge < -0.3 is 29.5 Å². The van der Waals surface area contributed by atoms with E-state index in [0.29, 0.717) is 12.0 Å². The number of hydrogen-bond donors (Lipinski definition) is 3. The molecule has 0 aromatic heterocycles. The van der Waals surface area contributed by atoms with Crippen LogP contribution in [0.3, 0.4) is 0 Å². The summed E-state index contributed by atoms with van der Waals surface area (Å²) in [6.45, 7) is 8.42. The minimum absolute atomic E-state index is 0.0499. The summed E-state index contributed by atoms with van der Waals surface area (Å²) in [6, 6.07) is 0. The van der Waals surface area contributed by atoms with Gasteiger partial charge in [-0.2, -0.15) is 0 Å². The Bertz CT molecular complexity index is 1680. The molecule has 8 aliphatic rings. The number of allylic oxidation sites excluding steroid dienone is 2. The molecule has 46 heavy (non-hydrogen) atoms. The number of aliphatic hydroxyl groups is 3.